The van der Waals surface area contributed by atoms with Gasteiger partial charge in [-0.2, -0.15) is 0 Å². The first kappa shape index (κ1) is 22.5. The summed E-state index contributed by atoms with van der Waals surface area (Å²) >= 11 is 5.11. The van der Waals surface area contributed by atoms with Crippen LogP contribution in [0.3, 0.4) is 0 Å². The van der Waals surface area contributed by atoms with E-state index in [9.17, 15) is 19.6 Å². The predicted molar refractivity (Wildman–Crippen MR) is 111 cm³/mol. The quantitative estimate of drug-likeness (QED) is 0.443. The maximum atomic E-state index is 12.7. The van der Waals surface area contributed by atoms with Crippen molar-refractivity contribution in [3.8, 4) is 0 Å². The molecular weight excluding hydrogens is 447 g/mol. The maximum absolute atomic E-state index is 12.7. The van der Waals surface area contributed by atoms with Crippen LogP contribution in [0.4, 0.5) is 0 Å². The number of nitrogens with one attached hydrogen (secondary N) is 1. The van der Waals surface area contributed by atoms with Gasteiger partial charge in [-0.15, -0.1) is 0 Å². The molecule has 4 rings (SSSR count). The number of aliphatic hydroxyl groups excluding tert-OH is 1. The van der Waals surface area contributed by atoms with Gasteiger partial charge in [0.15, 0.2) is 11.0 Å². The molecule has 10 nitrogen and oxygen atoms in total. The average Bonchev–Trinajstić information content (AvgIpc) is 2.97. The molecule has 168 valence electrons. The van der Waals surface area contributed by atoms with Crippen LogP contribution in [0.2, 0.25) is 0 Å². The molecule has 0 saturated carbocycles. The zero-order valence-electron chi connectivity index (χ0n) is 16.6. The Morgan fingerprint density at radius 2 is 1.97 bits per heavy atom. The lowest BCUT2D eigenvalue weighted by Crippen LogP contribution is -2.44. The highest BCUT2D eigenvalue weighted by atomic mass is 32.1. The van der Waals surface area contributed by atoms with E-state index in [1.807, 2.05) is 30.3 Å². The van der Waals surface area contributed by atoms with Crippen molar-refractivity contribution in [2.45, 2.75) is 36.9 Å². The van der Waals surface area contributed by atoms with Gasteiger partial charge in [-0.1, -0.05) is 30.3 Å². The summed E-state index contributed by atoms with van der Waals surface area (Å²) in [4.78, 5) is 13.8. The summed E-state index contributed by atoms with van der Waals surface area (Å²) in [7, 11) is -3.85. The number of rotatable bonds is 5. The van der Waals surface area contributed by atoms with Crippen molar-refractivity contribution >= 4 is 20.0 Å². The summed E-state index contributed by atoms with van der Waals surface area (Å²) in [5, 5.41) is 21.3. The van der Waals surface area contributed by atoms with Gasteiger partial charge in [0.1, 0.15) is 17.8 Å². The Hall–Kier alpha value is -1.69. The third-order valence-electron chi connectivity index (χ3n) is 5.39. The van der Waals surface area contributed by atoms with Crippen LogP contribution in [0, 0.1) is 4.77 Å². The topological polar surface area (TPSA) is 132 Å². The Bertz CT molecular complexity index is 1080. The zero-order chi connectivity index (χ0) is 22.2. The summed E-state index contributed by atoms with van der Waals surface area (Å²) in [6.45, 7) is 1.33. The molecule has 0 bridgehead atoms. The number of hydrogen-bond acceptors (Lipinski definition) is 9. The average molecular weight is 470 g/mol. The molecule has 0 radical (unpaired) electrons. The van der Waals surface area contributed by atoms with Gasteiger partial charge in [-0.25, -0.2) is 4.57 Å². The second-order valence-corrected chi connectivity index (χ2v) is 9.71. The van der Waals surface area contributed by atoms with Crippen LogP contribution >= 0.6 is 20.0 Å². The van der Waals surface area contributed by atoms with Crippen molar-refractivity contribution in [3.63, 3.8) is 0 Å². The van der Waals surface area contributed by atoms with Crippen molar-refractivity contribution in [1.82, 2.24) is 9.55 Å². The van der Waals surface area contributed by atoms with E-state index < -0.39 is 37.4 Å². The van der Waals surface area contributed by atoms with E-state index in [0.29, 0.717) is 0 Å². The molecule has 3 heterocycles. The molecule has 12 heteroatoms. The first-order valence-corrected chi connectivity index (χ1v) is 11.5. The molecule has 2 aliphatic rings. The van der Waals surface area contributed by atoms with Crippen molar-refractivity contribution in [2.24, 2.45) is 0 Å². The fourth-order valence-electron chi connectivity index (χ4n) is 3.59. The fraction of sp³-hybridized carbons (Fsp3) is 0.474. The Morgan fingerprint density at radius 3 is 2.61 bits per heavy atom. The first-order valence-electron chi connectivity index (χ1n) is 9.65. The maximum Gasteiger partial charge on any atom is 0.474 e. The lowest BCUT2D eigenvalue weighted by atomic mass is 9.96. The van der Waals surface area contributed by atoms with Crippen molar-refractivity contribution in [1.29, 1.82) is 0 Å². The molecule has 1 aromatic heterocycles. The van der Waals surface area contributed by atoms with Gasteiger partial charge >= 0.3 is 7.82 Å². The fourth-order valence-corrected chi connectivity index (χ4v) is 5.13. The van der Waals surface area contributed by atoms with Crippen molar-refractivity contribution in [3.05, 3.63) is 63.3 Å². The molecule has 2 fully saturated rings. The van der Waals surface area contributed by atoms with Crippen LogP contribution in [0.15, 0.2) is 47.4 Å². The van der Waals surface area contributed by atoms with Crippen LogP contribution in [0.5, 0.6) is 0 Å². The number of phosphoric acid groups is 1. The number of nitrogens with zero attached hydrogens (tertiary/aromatic N) is 1. The molecule has 2 aromatic rings. The summed E-state index contributed by atoms with van der Waals surface area (Å²) < 4.78 is 35.9. The van der Waals surface area contributed by atoms with Crippen molar-refractivity contribution in [2.75, 3.05) is 19.8 Å². The first-order chi connectivity index (χ1) is 14.7. The van der Waals surface area contributed by atoms with E-state index in [-0.39, 0.29) is 30.5 Å². The number of H-pyrrole nitrogens is 1. The van der Waals surface area contributed by atoms with Gasteiger partial charge in [0.05, 0.1) is 19.8 Å². The van der Waals surface area contributed by atoms with Gasteiger partial charge in [-0.05, 0) is 24.7 Å². The van der Waals surface area contributed by atoms with E-state index in [4.69, 9.17) is 30.5 Å². The minimum atomic E-state index is -3.85. The van der Waals surface area contributed by atoms with Crippen LogP contribution in [0.25, 0.3) is 0 Å². The van der Waals surface area contributed by atoms with E-state index in [1.165, 1.54) is 23.8 Å². The Kier molecular flexibility index (Phi) is 6.30. The second-order valence-electron chi connectivity index (χ2n) is 7.66. The van der Waals surface area contributed by atoms with Gasteiger partial charge in [0.2, 0.25) is 0 Å². The number of aromatic nitrogens is 2. The molecular formula is C19H23N2O8PS. The minimum Gasteiger partial charge on any atom is -0.387 e. The molecule has 1 unspecified atom stereocenters. The van der Waals surface area contributed by atoms with Gasteiger partial charge in [0.25, 0.3) is 5.56 Å². The highest BCUT2D eigenvalue weighted by Crippen LogP contribution is 2.54. The number of aromatic amines is 1. The number of hydrogen-bond donors (Lipinski definition) is 3. The third kappa shape index (κ3) is 4.59. The Labute approximate surface area is 183 Å². The number of ether oxygens (including phenoxy) is 1. The molecule has 0 aliphatic carbocycles. The molecule has 1 aromatic carbocycles. The smallest absolute Gasteiger partial charge is 0.387 e. The van der Waals surface area contributed by atoms with Gasteiger partial charge < -0.3 is 14.9 Å². The number of benzene rings is 1. The second kappa shape index (κ2) is 8.68. The van der Waals surface area contributed by atoms with Crippen molar-refractivity contribution < 1.29 is 33.1 Å². The molecule has 2 saturated heterocycles. The Balaban J connectivity index is 1.40. The molecule has 4 atom stereocenters. The largest absolute Gasteiger partial charge is 0.474 e. The number of phosphoric ester groups is 1. The van der Waals surface area contributed by atoms with Crippen LogP contribution in [0.1, 0.15) is 24.6 Å². The van der Waals surface area contributed by atoms with E-state index in [0.717, 1.165) is 5.56 Å². The van der Waals surface area contributed by atoms with Crippen LogP contribution < -0.4 is 5.56 Å². The lowest BCUT2D eigenvalue weighted by Gasteiger charge is -2.29. The number of aliphatic hydroxyl groups is 2. The summed E-state index contributed by atoms with van der Waals surface area (Å²) in [6, 6.07) is 10.8. The SMILES string of the molecule is C[C@@]1(O)C(O)[C@@H](COP2(=O)OCC(c3ccccc3)CO2)O[C@H]1n1ccc(=O)[nH]c1=S. The van der Waals surface area contributed by atoms with E-state index in [1.54, 1.807) is 0 Å². The molecule has 3 N–H and O–H groups in total. The molecule has 31 heavy (non-hydrogen) atoms. The lowest BCUT2D eigenvalue weighted by molar-refractivity contribution is -0.0980. The minimum absolute atomic E-state index is 0.0187. The van der Waals surface area contributed by atoms with Crippen LogP contribution in [-0.4, -0.2) is 57.4 Å². The van der Waals surface area contributed by atoms with Gasteiger partial charge in [-0.3, -0.25) is 27.9 Å². The monoisotopic (exact) mass is 470 g/mol. The molecule has 0 spiro atoms. The van der Waals surface area contributed by atoms with E-state index in [2.05, 4.69) is 4.98 Å². The summed E-state index contributed by atoms with van der Waals surface area (Å²) in [5.41, 5.74) is -1.16. The van der Waals surface area contributed by atoms with Crippen LogP contribution in [-0.2, 0) is 22.9 Å². The predicted octanol–water partition coefficient (Wildman–Crippen LogP) is 1.87. The highest BCUT2D eigenvalue weighted by molar-refractivity contribution is 7.71. The normalized spacial score (nSPS) is 35.8. The van der Waals surface area contributed by atoms with E-state index >= 15 is 0 Å². The standard InChI is InChI=1S/C19H23N2O8PS/c1-19(24)16(23)14(29-17(19)21-8-7-15(22)20-18(21)31)11-28-30(25)26-9-13(10-27-30)12-5-3-2-4-6-12/h2-8,13-14,16-17,23-24H,9-11H2,1H3,(H,20,22,31)/t13?,14-,16?,17-,19-,30?/m1/s1. The summed E-state index contributed by atoms with van der Waals surface area (Å²) in [5.74, 6) is -0.0765. The summed E-state index contributed by atoms with van der Waals surface area (Å²) in [6.07, 6.45) is -2.18. The zero-order valence-corrected chi connectivity index (χ0v) is 18.3. The molecule has 2 aliphatic heterocycles. The highest BCUT2D eigenvalue weighted by Gasteiger charge is 2.54. The molecule has 0 amide bonds. The Morgan fingerprint density at radius 1 is 1.29 bits per heavy atom. The third-order valence-corrected chi connectivity index (χ3v) is 7.10. The van der Waals surface area contributed by atoms with Gasteiger partial charge in [0, 0.05) is 18.2 Å².